The van der Waals surface area contributed by atoms with E-state index >= 15 is 0 Å². The summed E-state index contributed by atoms with van der Waals surface area (Å²) in [6.07, 6.45) is 1.15. The zero-order valence-electron chi connectivity index (χ0n) is 11.3. The standard InChI is InChI=1S/C15H17Br2NOS/c1-2-7-18-9-11-3-5-14(13(16)8-11)19-10-12-4-6-15(17)20-12/h3-6,8,18H,2,7,9-10H2,1H3. The smallest absolute Gasteiger partial charge is 0.134 e. The number of hydrogen-bond acceptors (Lipinski definition) is 3. The van der Waals surface area contributed by atoms with Gasteiger partial charge in [0.05, 0.1) is 8.26 Å². The van der Waals surface area contributed by atoms with Gasteiger partial charge in [-0.3, -0.25) is 0 Å². The van der Waals surface area contributed by atoms with Crippen LogP contribution >= 0.6 is 43.2 Å². The van der Waals surface area contributed by atoms with Crippen molar-refractivity contribution < 1.29 is 4.74 Å². The highest BCUT2D eigenvalue weighted by Gasteiger charge is 2.04. The number of benzene rings is 1. The minimum absolute atomic E-state index is 0.600. The number of rotatable bonds is 7. The van der Waals surface area contributed by atoms with Crippen LogP contribution in [0.4, 0.5) is 0 Å². The molecule has 1 aromatic carbocycles. The zero-order chi connectivity index (χ0) is 14.4. The van der Waals surface area contributed by atoms with Crippen molar-refractivity contribution in [3.63, 3.8) is 0 Å². The van der Waals surface area contributed by atoms with Crippen molar-refractivity contribution in [2.45, 2.75) is 26.5 Å². The molecule has 0 fully saturated rings. The van der Waals surface area contributed by atoms with Crippen LogP contribution in [0, 0.1) is 0 Å². The normalized spacial score (nSPS) is 10.8. The molecule has 0 amide bonds. The monoisotopic (exact) mass is 417 g/mol. The average molecular weight is 419 g/mol. The molecule has 1 N–H and O–H groups in total. The molecule has 0 bridgehead atoms. The Labute approximate surface area is 140 Å². The lowest BCUT2D eigenvalue weighted by atomic mass is 10.2. The number of halogens is 2. The number of nitrogens with one attached hydrogen (secondary N) is 1. The third-order valence-corrected chi connectivity index (χ3v) is 4.97. The topological polar surface area (TPSA) is 21.3 Å². The molecule has 0 aliphatic heterocycles. The first kappa shape index (κ1) is 16.0. The summed E-state index contributed by atoms with van der Waals surface area (Å²) in [6, 6.07) is 10.4. The third-order valence-electron chi connectivity index (χ3n) is 2.75. The van der Waals surface area contributed by atoms with Crippen LogP contribution in [-0.4, -0.2) is 6.54 Å². The Morgan fingerprint density at radius 2 is 2.05 bits per heavy atom. The molecule has 0 saturated heterocycles. The second kappa shape index (κ2) is 8.17. The highest BCUT2D eigenvalue weighted by Crippen LogP contribution is 2.28. The van der Waals surface area contributed by atoms with Crippen molar-refractivity contribution in [3.8, 4) is 5.75 Å². The minimum atomic E-state index is 0.600. The number of hydrogen-bond donors (Lipinski definition) is 1. The summed E-state index contributed by atoms with van der Waals surface area (Å²) in [7, 11) is 0. The van der Waals surface area contributed by atoms with Gasteiger partial charge in [0.15, 0.2) is 0 Å². The molecule has 20 heavy (non-hydrogen) atoms. The van der Waals surface area contributed by atoms with Gasteiger partial charge in [0, 0.05) is 11.4 Å². The van der Waals surface area contributed by atoms with E-state index in [9.17, 15) is 0 Å². The summed E-state index contributed by atoms with van der Waals surface area (Å²) in [5.74, 6) is 0.883. The van der Waals surface area contributed by atoms with Crippen LogP contribution in [0.25, 0.3) is 0 Å². The molecular formula is C15H17Br2NOS. The molecule has 0 atom stereocenters. The van der Waals surface area contributed by atoms with Crippen LogP contribution in [-0.2, 0) is 13.2 Å². The van der Waals surface area contributed by atoms with E-state index in [1.54, 1.807) is 11.3 Å². The summed E-state index contributed by atoms with van der Waals surface area (Å²) >= 11 is 8.73. The predicted octanol–water partition coefficient (Wildman–Crippen LogP) is 5.35. The Balaban J connectivity index is 1.92. The first-order valence-corrected chi connectivity index (χ1v) is 8.95. The fraction of sp³-hybridized carbons (Fsp3) is 0.333. The van der Waals surface area contributed by atoms with Gasteiger partial charge in [-0.05, 0) is 74.7 Å². The van der Waals surface area contributed by atoms with E-state index in [-0.39, 0.29) is 0 Å². The van der Waals surface area contributed by atoms with Gasteiger partial charge in [0.2, 0.25) is 0 Å². The molecule has 2 nitrogen and oxygen atoms in total. The molecule has 0 saturated carbocycles. The van der Waals surface area contributed by atoms with Gasteiger partial charge in [-0.25, -0.2) is 0 Å². The van der Waals surface area contributed by atoms with E-state index in [0.717, 1.165) is 33.5 Å². The fourth-order valence-corrected chi connectivity index (χ4v) is 3.70. The average Bonchev–Trinajstić information content (AvgIpc) is 2.84. The van der Waals surface area contributed by atoms with Crippen molar-refractivity contribution in [1.82, 2.24) is 5.32 Å². The molecule has 0 spiro atoms. The summed E-state index contributed by atoms with van der Waals surface area (Å²) in [6.45, 7) is 4.71. The molecule has 2 aromatic rings. The lowest BCUT2D eigenvalue weighted by molar-refractivity contribution is 0.307. The lowest BCUT2D eigenvalue weighted by Crippen LogP contribution is -2.13. The Bertz CT molecular complexity index is 557. The Morgan fingerprint density at radius 3 is 2.70 bits per heavy atom. The summed E-state index contributed by atoms with van der Waals surface area (Å²) in [5.41, 5.74) is 1.26. The van der Waals surface area contributed by atoms with Gasteiger partial charge in [-0.2, -0.15) is 0 Å². The van der Waals surface area contributed by atoms with Crippen LogP contribution in [0.2, 0.25) is 0 Å². The summed E-state index contributed by atoms with van der Waals surface area (Å²) < 4.78 is 7.97. The Morgan fingerprint density at radius 1 is 1.20 bits per heavy atom. The van der Waals surface area contributed by atoms with Gasteiger partial charge in [0.25, 0.3) is 0 Å². The van der Waals surface area contributed by atoms with Crippen LogP contribution in [0.5, 0.6) is 5.75 Å². The van der Waals surface area contributed by atoms with E-state index in [1.807, 2.05) is 12.1 Å². The van der Waals surface area contributed by atoms with Gasteiger partial charge < -0.3 is 10.1 Å². The molecule has 5 heteroatoms. The molecule has 2 rings (SSSR count). The highest BCUT2D eigenvalue weighted by atomic mass is 79.9. The Hall–Kier alpha value is -0.360. The molecule has 0 unspecified atom stereocenters. The van der Waals surface area contributed by atoms with Crippen molar-refractivity contribution >= 4 is 43.2 Å². The van der Waals surface area contributed by atoms with Gasteiger partial charge in [0.1, 0.15) is 12.4 Å². The molecule has 0 aliphatic carbocycles. The molecular weight excluding hydrogens is 402 g/mol. The van der Waals surface area contributed by atoms with Gasteiger partial charge >= 0.3 is 0 Å². The van der Waals surface area contributed by atoms with Crippen LogP contribution in [0.15, 0.2) is 38.6 Å². The molecule has 1 aromatic heterocycles. The number of thiophene rings is 1. The number of ether oxygens (including phenoxy) is 1. The van der Waals surface area contributed by atoms with Crippen LogP contribution < -0.4 is 10.1 Å². The molecule has 0 aliphatic rings. The summed E-state index contributed by atoms with van der Waals surface area (Å²) in [4.78, 5) is 1.21. The third kappa shape index (κ3) is 4.88. The fourth-order valence-electron chi connectivity index (χ4n) is 1.76. The van der Waals surface area contributed by atoms with Crippen molar-refractivity contribution in [1.29, 1.82) is 0 Å². The maximum absolute atomic E-state index is 5.84. The van der Waals surface area contributed by atoms with E-state index in [0.29, 0.717) is 6.61 Å². The second-order valence-electron chi connectivity index (χ2n) is 4.44. The minimum Gasteiger partial charge on any atom is -0.487 e. The van der Waals surface area contributed by atoms with E-state index < -0.39 is 0 Å². The van der Waals surface area contributed by atoms with Crippen LogP contribution in [0.1, 0.15) is 23.8 Å². The van der Waals surface area contributed by atoms with Gasteiger partial charge in [-0.1, -0.05) is 13.0 Å². The maximum atomic E-state index is 5.84. The SMILES string of the molecule is CCCNCc1ccc(OCc2ccc(Br)s2)c(Br)c1. The van der Waals surface area contributed by atoms with Gasteiger partial charge in [-0.15, -0.1) is 11.3 Å². The molecule has 0 radical (unpaired) electrons. The van der Waals surface area contributed by atoms with Crippen molar-refractivity contribution in [3.05, 3.63) is 49.0 Å². The van der Waals surface area contributed by atoms with E-state index in [4.69, 9.17) is 4.74 Å². The predicted molar refractivity (Wildman–Crippen MR) is 92.5 cm³/mol. The van der Waals surface area contributed by atoms with Crippen molar-refractivity contribution in [2.75, 3.05) is 6.54 Å². The first-order valence-electron chi connectivity index (χ1n) is 6.55. The maximum Gasteiger partial charge on any atom is 0.134 e. The summed E-state index contributed by atoms with van der Waals surface area (Å²) in [5, 5.41) is 3.39. The molecule has 108 valence electrons. The Kier molecular flexibility index (Phi) is 6.55. The van der Waals surface area contributed by atoms with E-state index in [2.05, 4.69) is 62.3 Å². The van der Waals surface area contributed by atoms with Crippen molar-refractivity contribution in [2.24, 2.45) is 0 Å². The lowest BCUT2D eigenvalue weighted by Gasteiger charge is -2.09. The van der Waals surface area contributed by atoms with E-state index in [1.165, 1.54) is 10.4 Å². The second-order valence-corrected chi connectivity index (χ2v) is 7.84. The zero-order valence-corrected chi connectivity index (χ0v) is 15.3. The van der Waals surface area contributed by atoms with Crippen LogP contribution in [0.3, 0.4) is 0 Å². The highest BCUT2D eigenvalue weighted by molar-refractivity contribution is 9.11. The largest absolute Gasteiger partial charge is 0.487 e. The molecule has 1 heterocycles. The quantitative estimate of drug-likeness (QED) is 0.611. The first-order chi connectivity index (χ1) is 9.69.